The van der Waals surface area contributed by atoms with Gasteiger partial charge in [0.2, 0.25) is 0 Å². The highest BCUT2D eigenvalue weighted by atomic mass is 16.2. The number of carbonyl (C=O) groups is 1. The third-order valence-electron chi connectivity index (χ3n) is 3.69. The summed E-state index contributed by atoms with van der Waals surface area (Å²) in [5.41, 5.74) is 0.874. The minimum absolute atomic E-state index is 0.0188. The predicted octanol–water partition coefficient (Wildman–Crippen LogP) is 2.67. The Morgan fingerprint density at radius 1 is 1.25 bits per heavy atom. The molecule has 2 aromatic carbocycles. The van der Waals surface area contributed by atoms with E-state index in [0.717, 1.165) is 36.1 Å². The van der Waals surface area contributed by atoms with Crippen molar-refractivity contribution in [2.75, 3.05) is 25.0 Å². The van der Waals surface area contributed by atoms with Gasteiger partial charge in [-0.3, -0.25) is 0 Å². The van der Waals surface area contributed by atoms with E-state index in [4.69, 9.17) is 0 Å². The number of hydrogen-bond acceptors (Lipinski definition) is 2. The Hall–Kier alpha value is -2.07. The van der Waals surface area contributed by atoms with Crippen molar-refractivity contribution in [3.05, 3.63) is 42.5 Å². The second-order valence-electron chi connectivity index (χ2n) is 5.26. The first-order valence-corrected chi connectivity index (χ1v) is 7.01. The van der Waals surface area contributed by atoms with E-state index in [0.29, 0.717) is 6.04 Å². The molecule has 2 N–H and O–H groups in total. The van der Waals surface area contributed by atoms with E-state index >= 15 is 0 Å². The number of benzene rings is 2. The average Bonchev–Trinajstić information content (AvgIpc) is 2.47. The summed E-state index contributed by atoms with van der Waals surface area (Å²) < 4.78 is 0. The van der Waals surface area contributed by atoms with Crippen molar-refractivity contribution in [2.45, 2.75) is 13.0 Å². The number of amides is 2. The predicted molar refractivity (Wildman–Crippen MR) is 82.0 cm³/mol. The van der Waals surface area contributed by atoms with Gasteiger partial charge in [0, 0.05) is 31.1 Å². The molecule has 4 heteroatoms. The zero-order chi connectivity index (χ0) is 13.9. The van der Waals surface area contributed by atoms with Crippen LogP contribution in [0.5, 0.6) is 0 Å². The molecule has 2 aromatic rings. The Morgan fingerprint density at radius 3 is 2.90 bits per heavy atom. The number of anilines is 1. The summed E-state index contributed by atoms with van der Waals surface area (Å²) in [5.74, 6) is 0. The lowest BCUT2D eigenvalue weighted by Gasteiger charge is -2.32. The normalized spacial score (nSPS) is 19.1. The van der Waals surface area contributed by atoms with Crippen molar-refractivity contribution < 1.29 is 4.79 Å². The summed E-state index contributed by atoms with van der Waals surface area (Å²) in [5, 5.41) is 8.59. The lowest BCUT2D eigenvalue weighted by atomic mass is 10.1. The van der Waals surface area contributed by atoms with Crippen LogP contribution in [0.25, 0.3) is 10.8 Å². The molecule has 0 spiro atoms. The number of piperazine rings is 1. The van der Waals surface area contributed by atoms with Gasteiger partial charge in [-0.15, -0.1) is 0 Å². The molecule has 1 saturated heterocycles. The molecule has 2 amide bonds. The van der Waals surface area contributed by atoms with Crippen LogP contribution >= 0.6 is 0 Å². The third kappa shape index (κ3) is 2.60. The molecular weight excluding hydrogens is 250 g/mol. The van der Waals surface area contributed by atoms with Gasteiger partial charge in [-0.1, -0.05) is 36.4 Å². The van der Waals surface area contributed by atoms with Gasteiger partial charge in [0.1, 0.15) is 0 Å². The van der Waals surface area contributed by atoms with E-state index in [2.05, 4.69) is 29.7 Å². The molecule has 0 bridgehead atoms. The second kappa shape index (κ2) is 5.51. The number of urea groups is 1. The van der Waals surface area contributed by atoms with Gasteiger partial charge in [-0.25, -0.2) is 4.79 Å². The lowest BCUT2D eigenvalue weighted by Crippen LogP contribution is -2.52. The summed E-state index contributed by atoms with van der Waals surface area (Å²) in [6.45, 7) is 4.44. The van der Waals surface area contributed by atoms with E-state index < -0.39 is 0 Å². The number of nitrogens with zero attached hydrogens (tertiary/aromatic N) is 1. The van der Waals surface area contributed by atoms with Crippen molar-refractivity contribution in [2.24, 2.45) is 0 Å². The van der Waals surface area contributed by atoms with Crippen molar-refractivity contribution in [3.63, 3.8) is 0 Å². The fraction of sp³-hybridized carbons (Fsp3) is 0.312. The number of hydrogen-bond donors (Lipinski definition) is 2. The van der Waals surface area contributed by atoms with Crippen LogP contribution in [-0.4, -0.2) is 36.6 Å². The Balaban J connectivity index is 1.80. The maximum atomic E-state index is 12.3. The smallest absolute Gasteiger partial charge is 0.321 e. The maximum Gasteiger partial charge on any atom is 0.321 e. The minimum Gasteiger partial charge on any atom is -0.322 e. The topological polar surface area (TPSA) is 44.4 Å². The molecule has 1 aliphatic heterocycles. The average molecular weight is 269 g/mol. The third-order valence-corrected chi connectivity index (χ3v) is 3.69. The van der Waals surface area contributed by atoms with Crippen molar-refractivity contribution in [1.29, 1.82) is 0 Å². The molecule has 20 heavy (non-hydrogen) atoms. The van der Waals surface area contributed by atoms with E-state index in [-0.39, 0.29) is 6.03 Å². The van der Waals surface area contributed by atoms with E-state index in [1.54, 1.807) is 0 Å². The van der Waals surface area contributed by atoms with E-state index in [1.165, 1.54) is 0 Å². The van der Waals surface area contributed by atoms with Gasteiger partial charge >= 0.3 is 6.03 Å². The van der Waals surface area contributed by atoms with E-state index in [9.17, 15) is 4.79 Å². The highest BCUT2D eigenvalue weighted by Gasteiger charge is 2.20. The molecule has 1 atom stereocenters. The molecule has 4 nitrogen and oxygen atoms in total. The van der Waals surface area contributed by atoms with Gasteiger partial charge in [0.15, 0.2) is 0 Å². The van der Waals surface area contributed by atoms with Crippen LogP contribution in [0.3, 0.4) is 0 Å². The molecule has 1 unspecified atom stereocenters. The first-order chi connectivity index (χ1) is 9.74. The zero-order valence-corrected chi connectivity index (χ0v) is 11.6. The van der Waals surface area contributed by atoms with Crippen LogP contribution in [0.2, 0.25) is 0 Å². The van der Waals surface area contributed by atoms with Gasteiger partial charge < -0.3 is 15.5 Å². The monoisotopic (exact) mass is 269 g/mol. The molecular formula is C16H19N3O. The Bertz CT molecular complexity index is 621. The molecule has 1 heterocycles. The fourth-order valence-corrected chi connectivity index (χ4v) is 2.65. The SMILES string of the molecule is CC1CN(C(=O)Nc2cccc3ccccc23)CCN1. The van der Waals surface area contributed by atoms with E-state index in [1.807, 2.05) is 35.2 Å². The summed E-state index contributed by atoms with van der Waals surface area (Å²) in [6, 6.07) is 14.4. The fourth-order valence-electron chi connectivity index (χ4n) is 2.65. The molecule has 1 aliphatic rings. The number of carbonyl (C=O) groups excluding carboxylic acids is 1. The summed E-state index contributed by atoms with van der Waals surface area (Å²) in [6.07, 6.45) is 0. The van der Waals surface area contributed by atoms with Crippen LogP contribution in [-0.2, 0) is 0 Å². The number of nitrogens with one attached hydrogen (secondary N) is 2. The molecule has 0 saturated carbocycles. The Morgan fingerprint density at radius 2 is 2.05 bits per heavy atom. The van der Waals surface area contributed by atoms with Crippen LogP contribution in [0.1, 0.15) is 6.92 Å². The Kier molecular flexibility index (Phi) is 3.56. The minimum atomic E-state index is -0.0188. The first kappa shape index (κ1) is 12.9. The maximum absolute atomic E-state index is 12.3. The summed E-state index contributed by atoms with van der Waals surface area (Å²) >= 11 is 0. The highest BCUT2D eigenvalue weighted by Crippen LogP contribution is 2.23. The van der Waals surface area contributed by atoms with Gasteiger partial charge in [-0.05, 0) is 18.4 Å². The standard InChI is InChI=1S/C16H19N3O/c1-12-11-19(10-9-17-12)16(20)18-15-8-4-6-13-5-2-3-7-14(13)15/h2-8,12,17H,9-11H2,1H3,(H,18,20). The second-order valence-corrected chi connectivity index (χ2v) is 5.26. The van der Waals surface area contributed by atoms with Crippen LogP contribution in [0.15, 0.2) is 42.5 Å². The van der Waals surface area contributed by atoms with Gasteiger partial charge in [0.05, 0.1) is 5.69 Å². The molecule has 3 rings (SSSR count). The molecule has 1 fully saturated rings. The molecule has 0 aliphatic carbocycles. The number of rotatable bonds is 1. The van der Waals surface area contributed by atoms with Crippen LogP contribution in [0.4, 0.5) is 10.5 Å². The largest absolute Gasteiger partial charge is 0.322 e. The van der Waals surface area contributed by atoms with Crippen molar-refractivity contribution >= 4 is 22.5 Å². The van der Waals surface area contributed by atoms with Gasteiger partial charge in [-0.2, -0.15) is 0 Å². The lowest BCUT2D eigenvalue weighted by molar-refractivity contribution is 0.192. The molecule has 0 aromatic heterocycles. The van der Waals surface area contributed by atoms with Crippen LogP contribution in [0, 0.1) is 0 Å². The van der Waals surface area contributed by atoms with Crippen molar-refractivity contribution in [1.82, 2.24) is 10.2 Å². The van der Waals surface area contributed by atoms with Crippen LogP contribution < -0.4 is 10.6 Å². The number of fused-ring (bicyclic) bond motifs is 1. The summed E-state index contributed by atoms with van der Waals surface area (Å²) in [7, 11) is 0. The zero-order valence-electron chi connectivity index (χ0n) is 11.6. The molecule has 104 valence electrons. The van der Waals surface area contributed by atoms with Crippen molar-refractivity contribution in [3.8, 4) is 0 Å². The summed E-state index contributed by atoms with van der Waals surface area (Å²) in [4.78, 5) is 14.2. The quantitative estimate of drug-likeness (QED) is 0.836. The Labute approximate surface area is 118 Å². The highest BCUT2D eigenvalue weighted by molar-refractivity contribution is 6.01. The van der Waals surface area contributed by atoms with Gasteiger partial charge in [0.25, 0.3) is 0 Å². The first-order valence-electron chi connectivity index (χ1n) is 7.01. The molecule has 0 radical (unpaired) electrons.